The Morgan fingerprint density at radius 2 is 1.90 bits per heavy atom. The standard InChI is InChI=1S/C19H23NO/c1-4-16-11-15-9-10-17(21-3)12-18(15)19(20-16)14-7-5-13(2)6-8-14/h5-10,12,16,19-20H,4,11H2,1-3H3. The number of fused-ring (bicyclic) bond motifs is 1. The van der Waals surface area contributed by atoms with Gasteiger partial charge in [0.25, 0.3) is 0 Å². The van der Waals surface area contributed by atoms with Crippen LogP contribution in [0, 0.1) is 6.92 Å². The number of rotatable bonds is 3. The van der Waals surface area contributed by atoms with E-state index in [-0.39, 0.29) is 6.04 Å². The van der Waals surface area contributed by atoms with E-state index in [1.165, 1.54) is 22.3 Å². The first-order chi connectivity index (χ1) is 10.2. The van der Waals surface area contributed by atoms with Crippen LogP contribution in [-0.2, 0) is 6.42 Å². The molecule has 1 aliphatic rings. The molecule has 1 N–H and O–H groups in total. The summed E-state index contributed by atoms with van der Waals surface area (Å²) >= 11 is 0. The Hall–Kier alpha value is -1.80. The third-order valence-corrected chi connectivity index (χ3v) is 4.44. The normalized spacial score (nSPS) is 20.9. The first kappa shape index (κ1) is 14.2. The molecule has 21 heavy (non-hydrogen) atoms. The highest BCUT2D eigenvalue weighted by Gasteiger charge is 2.26. The highest BCUT2D eigenvalue weighted by Crippen LogP contribution is 2.33. The monoisotopic (exact) mass is 281 g/mol. The van der Waals surface area contributed by atoms with E-state index in [0.29, 0.717) is 6.04 Å². The maximum absolute atomic E-state index is 5.41. The molecule has 2 heteroatoms. The quantitative estimate of drug-likeness (QED) is 0.917. The number of benzene rings is 2. The van der Waals surface area contributed by atoms with Gasteiger partial charge in [-0.2, -0.15) is 0 Å². The minimum atomic E-state index is 0.259. The molecule has 0 saturated carbocycles. The topological polar surface area (TPSA) is 21.3 Å². The summed E-state index contributed by atoms with van der Waals surface area (Å²) in [7, 11) is 1.73. The van der Waals surface area contributed by atoms with Crippen LogP contribution in [0.25, 0.3) is 0 Å². The van der Waals surface area contributed by atoms with Crippen molar-refractivity contribution < 1.29 is 4.74 Å². The van der Waals surface area contributed by atoms with Crippen molar-refractivity contribution in [3.63, 3.8) is 0 Å². The van der Waals surface area contributed by atoms with E-state index < -0.39 is 0 Å². The first-order valence-electron chi connectivity index (χ1n) is 7.70. The Morgan fingerprint density at radius 1 is 1.14 bits per heavy atom. The third-order valence-electron chi connectivity index (χ3n) is 4.44. The van der Waals surface area contributed by atoms with Crippen molar-refractivity contribution >= 4 is 0 Å². The van der Waals surface area contributed by atoms with E-state index in [2.05, 4.69) is 61.6 Å². The second kappa shape index (κ2) is 5.90. The van der Waals surface area contributed by atoms with E-state index in [0.717, 1.165) is 18.6 Å². The van der Waals surface area contributed by atoms with Gasteiger partial charge in [-0.05, 0) is 48.6 Å². The second-order valence-electron chi connectivity index (χ2n) is 5.88. The van der Waals surface area contributed by atoms with Gasteiger partial charge in [-0.15, -0.1) is 0 Å². The summed E-state index contributed by atoms with van der Waals surface area (Å²) in [6.45, 7) is 4.38. The van der Waals surface area contributed by atoms with E-state index >= 15 is 0 Å². The highest BCUT2D eigenvalue weighted by atomic mass is 16.5. The summed E-state index contributed by atoms with van der Waals surface area (Å²) in [4.78, 5) is 0. The Bertz CT molecular complexity index is 618. The van der Waals surface area contributed by atoms with E-state index in [1.807, 2.05) is 0 Å². The predicted molar refractivity (Wildman–Crippen MR) is 86.9 cm³/mol. The minimum absolute atomic E-state index is 0.259. The maximum Gasteiger partial charge on any atom is 0.119 e. The van der Waals surface area contributed by atoms with Crippen molar-refractivity contribution in [3.8, 4) is 5.75 Å². The Labute approximate surface area is 127 Å². The molecule has 0 saturated heterocycles. The fourth-order valence-electron chi connectivity index (χ4n) is 3.10. The average molecular weight is 281 g/mol. The lowest BCUT2D eigenvalue weighted by atomic mass is 9.85. The Morgan fingerprint density at radius 3 is 2.57 bits per heavy atom. The number of nitrogens with one attached hydrogen (secondary N) is 1. The molecular weight excluding hydrogens is 258 g/mol. The fourth-order valence-corrected chi connectivity index (χ4v) is 3.10. The van der Waals surface area contributed by atoms with Crippen molar-refractivity contribution in [1.82, 2.24) is 5.32 Å². The summed E-state index contributed by atoms with van der Waals surface area (Å²) in [6.07, 6.45) is 2.24. The average Bonchev–Trinajstić information content (AvgIpc) is 2.54. The minimum Gasteiger partial charge on any atom is -0.497 e. The summed E-state index contributed by atoms with van der Waals surface area (Å²) < 4.78 is 5.41. The van der Waals surface area contributed by atoms with Gasteiger partial charge in [0.2, 0.25) is 0 Å². The number of aryl methyl sites for hydroxylation is 1. The van der Waals surface area contributed by atoms with E-state index in [9.17, 15) is 0 Å². The van der Waals surface area contributed by atoms with Crippen molar-refractivity contribution in [2.45, 2.75) is 38.8 Å². The van der Waals surface area contributed by atoms with Crippen LogP contribution in [0.3, 0.4) is 0 Å². The molecule has 0 aliphatic carbocycles. The molecule has 0 spiro atoms. The number of hydrogen-bond acceptors (Lipinski definition) is 2. The molecule has 0 amide bonds. The zero-order valence-corrected chi connectivity index (χ0v) is 13.0. The Kier molecular flexibility index (Phi) is 3.98. The second-order valence-corrected chi connectivity index (χ2v) is 5.88. The molecule has 2 aromatic carbocycles. The molecular formula is C19H23NO. The van der Waals surface area contributed by atoms with Gasteiger partial charge in [0, 0.05) is 6.04 Å². The molecule has 2 nitrogen and oxygen atoms in total. The van der Waals surface area contributed by atoms with Gasteiger partial charge in [-0.1, -0.05) is 42.8 Å². The molecule has 0 bridgehead atoms. The molecule has 0 aromatic heterocycles. The number of ether oxygens (including phenoxy) is 1. The van der Waals surface area contributed by atoms with Crippen molar-refractivity contribution in [2.75, 3.05) is 7.11 Å². The molecule has 1 heterocycles. The van der Waals surface area contributed by atoms with Gasteiger partial charge < -0.3 is 10.1 Å². The lowest BCUT2D eigenvalue weighted by Gasteiger charge is -2.33. The molecule has 0 fully saturated rings. The molecule has 2 atom stereocenters. The van der Waals surface area contributed by atoms with Crippen LogP contribution in [0.4, 0.5) is 0 Å². The molecule has 110 valence electrons. The zero-order valence-electron chi connectivity index (χ0n) is 13.0. The van der Waals surface area contributed by atoms with E-state index in [4.69, 9.17) is 4.74 Å². The number of methoxy groups -OCH3 is 1. The predicted octanol–water partition coefficient (Wildman–Crippen LogP) is 4.02. The number of hydrogen-bond donors (Lipinski definition) is 1. The van der Waals surface area contributed by atoms with Crippen molar-refractivity contribution in [1.29, 1.82) is 0 Å². The SMILES string of the molecule is CCC1Cc2ccc(OC)cc2C(c2ccc(C)cc2)N1. The highest BCUT2D eigenvalue weighted by molar-refractivity contribution is 5.44. The van der Waals surface area contributed by atoms with Gasteiger partial charge in [0.05, 0.1) is 13.2 Å². The molecule has 2 unspecified atom stereocenters. The maximum atomic E-state index is 5.41. The van der Waals surface area contributed by atoms with Crippen molar-refractivity contribution in [3.05, 3.63) is 64.7 Å². The first-order valence-corrected chi connectivity index (χ1v) is 7.70. The van der Waals surface area contributed by atoms with Crippen LogP contribution >= 0.6 is 0 Å². The smallest absolute Gasteiger partial charge is 0.119 e. The molecule has 0 radical (unpaired) electrons. The zero-order chi connectivity index (χ0) is 14.8. The van der Waals surface area contributed by atoms with Crippen LogP contribution < -0.4 is 10.1 Å². The van der Waals surface area contributed by atoms with Crippen LogP contribution in [0.2, 0.25) is 0 Å². The third kappa shape index (κ3) is 2.81. The molecule has 2 aromatic rings. The van der Waals surface area contributed by atoms with Crippen LogP contribution in [0.15, 0.2) is 42.5 Å². The summed E-state index contributed by atoms with van der Waals surface area (Å²) in [5.41, 5.74) is 5.41. The fraction of sp³-hybridized carbons (Fsp3) is 0.368. The van der Waals surface area contributed by atoms with Crippen LogP contribution in [0.1, 0.15) is 41.6 Å². The van der Waals surface area contributed by atoms with Gasteiger partial charge in [0.1, 0.15) is 5.75 Å². The van der Waals surface area contributed by atoms with Crippen LogP contribution in [-0.4, -0.2) is 13.2 Å². The van der Waals surface area contributed by atoms with Gasteiger partial charge in [-0.25, -0.2) is 0 Å². The molecule has 3 rings (SSSR count). The van der Waals surface area contributed by atoms with Gasteiger partial charge in [0.15, 0.2) is 0 Å². The van der Waals surface area contributed by atoms with Crippen LogP contribution in [0.5, 0.6) is 5.75 Å². The summed E-state index contributed by atoms with van der Waals surface area (Å²) in [5.74, 6) is 0.933. The summed E-state index contributed by atoms with van der Waals surface area (Å²) in [5, 5.41) is 3.79. The lowest BCUT2D eigenvalue weighted by molar-refractivity contribution is 0.404. The Balaban J connectivity index is 2.05. The largest absolute Gasteiger partial charge is 0.497 e. The van der Waals surface area contributed by atoms with Gasteiger partial charge in [-0.3, -0.25) is 0 Å². The molecule has 1 aliphatic heterocycles. The lowest BCUT2D eigenvalue weighted by Crippen LogP contribution is -2.39. The van der Waals surface area contributed by atoms with E-state index in [1.54, 1.807) is 7.11 Å². The summed E-state index contributed by atoms with van der Waals surface area (Å²) in [6, 6.07) is 16.1. The van der Waals surface area contributed by atoms with Crippen molar-refractivity contribution in [2.24, 2.45) is 0 Å². The van der Waals surface area contributed by atoms with Gasteiger partial charge >= 0.3 is 0 Å².